The maximum atomic E-state index is 13.1. The van der Waals surface area contributed by atoms with E-state index in [4.69, 9.17) is 5.11 Å². The predicted octanol–water partition coefficient (Wildman–Crippen LogP) is 13.4. The van der Waals surface area contributed by atoms with Crippen LogP contribution in [0.25, 0.3) is 54.9 Å². The lowest BCUT2D eigenvalue weighted by Crippen LogP contribution is -2.24. The van der Waals surface area contributed by atoms with Gasteiger partial charge in [0, 0.05) is 85.9 Å². The van der Waals surface area contributed by atoms with Crippen LogP contribution in [0.3, 0.4) is 0 Å². The van der Waals surface area contributed by atoms with Crippen molar-refractivity contribution in [2.75, 3.05) is 34.9 Å². The van der Waals surface area contributed by atoms with Crippen LogP contribution in [0.4, 0.5) is 79.9 Å². The van der Waals surface area contributed by atoms with E-state index < -0.39 is 34.8 Å². The number of aromatic nitrogens is 15. The Kier molecular flexibility index (Phi) is 20.6. The Balaban J connectivity index is 0.000000136. The number of nitrogens with zero attached hydrogens (tertiary/aromatic N) is 23. The summed E-state index contributed by atoms with van der Waals surface area (Å²) in [6.07, 6.45) is 11.2. The van der Waals surface area contributed by atoms with Crippen LogP contribution in [0, 0.1) is 11.6 Å². The topological polar surface area (TPSA) is 499 Å². The average Bonchev–Trinajstić information content (AvgIpc) is 1.51. The SMILES string of the molecule is CC(=O)Nc1nc(N=Nc2snc3ncncc23)c2c(c1O)C(C)(C)C(=O)C2.CCNc1cccc2c(O)c(NC(C)=O)nc(N=Nc3snc4ncncc34)c12.COC(=O)Nc1nc(N=Nc2snc3ncncc23)ccc1O.Oc1c(F)cc(N=Nc2snc3ncncc23)cc1F. The molecule has 8 N–H and O–H groups in total. The van der Waals surface area contributed by atoms with Crippen LogP contribution >= 0.6 is 46.1 Å². The number of hydrogen-bond acceptors (Lipinski definition) is 37. The van der Waals surface area contributed by atoms with E-state index in [1.165, 1.54) is 64.6 Å². The number of rotatable bonds is 13. The third kappa shape index (κ3) is 15.2. The number of azo groups is 4. The van der Waals surface area contributed by atoms with Gasteiger partial charge in [0.25, 0.3) is 0 Å². The number of Topliss-reactive ketones (excluding diaryl/α,β-unsaturated/α-hetero) is 1. The quantitative estimate of drug-likeness (QED) is 0.0497. The van der Waals surface area contributed by atoms with Gasteiger partial charge in [0.15, 0.2) is 112 Å². The molecule has 1 aliphatic rings. The fourth-order valence-electron chi connectivity index (χ4n) is 9.04. The number of phenolic OH excluding ortho intramolecular Hbond substituents is 1. The first-order valence-electron chi connectivity index (χ1n) is 28.5. The minimum absolute atomic E-state index is 0.0186. The number of nitrogens with one attached hydrogen (secondary N) is 4. The minimum Gasteiger partial charge on any atom is -0.504 e. The number of fused-ring (bicyclic) bond motifs is 6. The minimum atomic E-state index is -1.10. The number of halogens is 2. The highest BCUT2D eigenvalue weighted by Crippen LogP contribution is 2.48. The zero-order valence-electron chi connectivity index (χ0n) is 52.1. The second-order valence-electron chi connectivity index (χ2n) is 20.7. The van der Waals surface area contributed by atoms with Gasteiger partial charge in [0.1, 0.15) is 31.1 Å². The van der Waals surface area contributed by atoms with E-state index in [0.29, 0.717) is 92.6 Å². The van der Waals surface area contributed by atoms with Crippen LogP contribution < -0.4 is 21.3 Å². The number of carbonyl (C=O) groups is 4. The molecule has 42 heteroatoms. The molecule has 14 rings (SSSR count). The van der Waals surface area contributed by atoms with E-state index in [1.54, 1.807) is 44.6 Å². The van der Waals surface area contributed by atoms with Crippen LogP contribution in [0.2, 0.25) is 0 Å². The summed E-state index contributed by atoms with van der Waals surface area (Å²) in [6, 6.07) is 9.92. The zero-order chi connectivity index (χ0) is 70.8. The lowest BCUT2D eigenvalue weighted by Gasteiger charge is -2.20. The number of phenols is 1. The standard InChI is InChI=1S/C18H16N8O2S.C17H15N7O3S.C12H9N7O3S.C11H5F2N5OS/c1-3-20-12-6-4-5-10-13(12)16(23-17(14(10)28)22-9(2)27)24-25-18-11-7-19-8-21-15(11)26-29-18;1-7(25)20-15-12(27)11-8(4-10(26)17(11,2)3)14(21-15)22-23-16-9-5-18-6-19-13(9)24-28-16;1-22-12(21)16-10-7(20)2-3-8(15-10)17-18-11-6-4-13-5-14-9(6)19-23-11;12-7-1-5(2-8(13)9(7)19)16-17-11-6-3-14-4-15-10(6)18-20-11/h4-8,20,28H,3H2,1-2H3,(H,22,23,27);5-6,27H,4H2,1-3H3,(H,20,21,25);2-5,20H,1H3,(H,15,16,21);1-4,19H. The molecule has 3 amide bonds. The van der Waals surface area contributed by atoms with E-state index in [9.17, 15) is 43.3 Å². The van der Waals surface area contributed by atoms with Crippen LogP contribution in [-0.2, 0) is 31.0 Å². The van der Waals surface area contributed by atoms with Gasteiger partial charge in [-0.15, -0.1) is 40.9 Å². The molecule has 1 aliphatic carbocycles. The highest BCUT2D eigenvalue weighted by molar-refractivity contribution is 7.12. The molecule has 36 nitrogen and oxygen atoms in total. The van der Waals surface area contributed by atoms with E-state index >= 15 is 0 Å². The van der Waals surface area contributed by atoms with Crippen molar-refractivity contribution in [1.29, 1.82) is 0 Å². The van der Waals surface area contributed by atoms with Gasteiger partial charge >= 0.3 is 6.09 Å². The molecular weight excluding hydrogens is 1390 g/mol. The summed E-state index contributed by atoms with van der Waals surface area (Å²) in [7, 11) is 1.20. The molecule has 0 bridgehead atoms. The van der Waals surface area contributed by atoms with E-state index in [0.717, 1.165) is 64.0 Å². The van der Waals surface area contributed by atoms with Crippen molar-refractivity contribution in [3.63, 3.8) is 0 Å². The molecule has 13 aromatic rings. The summed E-state index contributed by atoms with van der Waals surface area (Å²) in [5.74, 6) is -4.18. The van der Waals surface area contributed by atoms with Gasteiger partial charge in [-0.25, -0.2) is 68.4 Å². The highest BCUT2D eigenvalue weighted by atomic mass is 32.1. The van der Waals surface area contributed by atoms with Crippen LogP contribution in [0.1, 0.15) is 45.7 Å². The Morgan fingerprint density at radius 1 is 0.570 bits per heavy atom. The van der Waals surface area contributed by atoms with E-state index in [-0.39, 0.29) is 76.0 Å². The lowest BCUT2D eigenvalue weighted by atomic mass is 9.85. The van der Waals surface area contributed by atoms with Crippen molar-refractivity contribution in [2.45, 2.75) is 46.5 Å². The first-order valence-corrected chi connectivity index (χ1v) is 31.6. The summed E-state index contributed by atoms with van der Waals surface area (Å²) in [6.45, 7) is 8.70. The molecule has 0 saturated carbocycles. The van der Waals surface area contributed by atoms with Crippen molar-refractivity contribution in [3.8, 4) is 23.0 Å². The Bertz CT molecular complexity index is 5440. The molecule has 0 aliphatic heterocycles. The number of ketones is 1. The average molecular weight is 1430 g/mol. The Morgan fingerprint density at radius 2 is 1.04 bits per heavy atom. The number of amides is 3. The van der Waals surface area contributed by atoms with Gasteiger partial charge in [0.05, 0.1) is 45.1 Å². The van der Waals surface area contributed by atoms with E-state index in [1.807, 2.05) is 13.0 Å². The molecule has 0 radical (unpaired) electrons. The second kappa shape index (κ2) is 30.1. The zero-order valence-corrected chi connectivity index (χ0v) is 55.3. The lowest BCUT2D eigenvalue weighted by molar-refractivity contribution is -0.121. The monoisotopic (exact) mass is 1430 g/mol. The predicted molar refractivity (Wildman–Crippen MR) is 361 cm³/mol. The molecule has 0 spiro atoms. The molecular formula is C58H45F2N27O9S4. The summed E-state index contributed by atoms with van der Waals surface area (Å²) in [5.41, 5.74) is 2.71. The Morgan fingerprint density at radius 3 is 1.53 bits per heavy atom. The van der Waals surface area contributed by atoms with Crippen LogP contribution in [0.5, 0.6) is 23.0 Å². The number of ether oxygens (including phenoxy) is 1. The van der Waals surface area contributed by atoms with Crippen molar-refractivity contribution < 1.29 is 53.1 Å². The number of pyridine rings is 3. The van der Waals surface area contributed by atoms with Crippen LogP contribution in [0.15, 0.2) is 133 Å². The molecule has 0 saturated heterocycles. The van der Waals surface area contributed by atoms with Crippen LogP contribution in [-0.4, -0.2) is 130 Å². The molecule has 2 aromatic carbocycles. The fraction of sp³-hybridized carbons (Fsp3) is 0.155. The maximum absolute atomic E-state index is 13.1. The van der Waals surface area contributed by atoms with E-state index in [2.05, 4.69) is 139 Å². The summed E-state index contributed by atoms with van der Waals surface area (Å²) in [4.78, 5) is 91.0. The number of anilines is 4. The number of aromatic hydroxyl groups is 4. The number of methoxy groups -OCH3 is 1. The highest BCUT2D eigenvalue weighted by Gasteiger charge is 2.43. The van der Waals surface area contributed by atoms with Gasteiger partial charge in [-0.3, -0.25) is 19.7 Å². The number of benzene rings is 2. The molecule has 0 atom stereocenters. The molecule has 11 heterocycles. The number of carbonyl (C=O) groups excluding carboxylic acids is 4. The Labute approximate surface area is 574 Å². The van der Waals surface area contributed by atoms with Gasteiger partial charge in [0.2, 0.25) is 11.8 Å². The first kappa shape index (κ1) is 68.6. The molecule has 0 unspecified atom stereocenters. The van der Waals surface area contributed by atoms with Gasteiger partial charge < -0.3 is 41.1 Å². The Hall–Kier alpha value is -12.8. The van der Waals surface area contributed by atoms with Gasteiger partial charge in [-0.05, 0) is 85.1 Å². The molecule has 0 fully saturated rings. The smallest absolute Gasteiger partial charge is 0.412 e. The van der Waals surface area contributed by atoms with Crippen molar-refractivity contribution in [3.05, 3.63) is 115 Å². The largest absolute Gasteiger partial charge is 0.504 e. The van der Waals surface area contributed by atoms with Crippen molar-refractivity contribution >= 4 is 191 Å². The van der Waals surface area contributed by atoms with Gasteiger partial charge in [-0.1, -0.05) is 12.1 Å². The molecule has 100 heavy (non-hydrogen) atoms. The summed E-state index contributed by atoms with van der Waals surface area (Å²) in [5, 5.41) is 88.6. The third-order valence-corrected chi connectivity index (χ3v) is 16.6. The number of hydrogen-bond donors (Lipinski definition) is 8. The molecule has 504 valence electrons. The molecule has 11 aromatic heterocycles. The second-order valence-corrected chi connectivity index (χ2v) is 23.7. The summed E-state index contributed by atoms with van der Waals surface area (Å²) >= 11 is 4.42. The van der Waals surface area contributed by atoms with Gasteiger partial charge in [-0.2, -0.15) is 17.5 Å². The van der Waals surface area contributed by atoms with Crippen molar-refractivity contribution in [2.24, 2.45) is 40.9 Å². The normalized spacial score (nSPS) is 12.4. The van der Waals surface area contributed by atoms with Crippen molar-refractivity contribution in [1.82, 2.24) is 72.3 Å². The summed E-state index contributed by atoms with van der Waals surface area (Å²) < 4.78 is 47.3. The maximum Gasteiger partial charge on any atom is 0.412 e. The third-order valence-electron chi connectivity index (χ3n) is 13.6. The first-order chi connectivity index (χ1) is 48.2. The fourth-order valence-corrected chi connectivity index (χ4v) is 11.6.